The SMILES string of the molecule is CCCOc1ccc(C(=N)NC(CN)CN)cc1. The molecule has 0 fully saturated rings. The second-order valence-electron chi connectivity index (χ2n) is 4.06. The van der Waals surface area contributed by atoms with E-state index in [2.05, 4.69) is 12.2 Å². The molecule has 0 unspecified atom stereocenters. The molecule has 0 aliphatic heterocycles. The van der Waals surface area contributed by atoms with Gasteiger partial charge in [0, 0.05) is 18.7 Å². The Morgan fingerprint density at radius 1 is 1.28 bits per heavy atom. The molecule has 18 heavy (non-hydrogen) atoms. The average molecular weight is 250 g/mol. The van der Waals surface area contributed by atoms with Crippen molar-refractivity contribution in [3.8, 4) is 5.75 Å². The highest BCUT2D eigenvalue weighted by molar-refractivity contribution is 5.96. The minimum atomic E-state index is -0.0616. The van der Waals surface area contributed by atoms with E-state index in [0.717, 1.165) is 17.7 Å². The maximum Gasteiger partial charge on any atom is 0.125 e. The summed E-state index contributed by atoms with van der Waals surface area (Å²) in [4.78, 5) is 0. The number of rotatable bonds is 7. The van der Waals surface area contributed by atoms with Gasteiger partial charge in [0.15, 0.2) is 0 Å². The molecule has 1 aromatic carbocycles. The first-order valence-corrected chi connectivity index (χ1v) is 6.19. The van der Waals surface area contributed by atoms with Crippen molar-refractivity contribution in [1.29, 1.82) is 5.41 Å². The summed E-state index contributed by atoms with van der Waals surface area (Å²) in [7, 11) is 0. The summed E-state index contributed by atoms with van der Waals surface area (Å²) < 4.78 is 5.48. The maximum atomic E-state index is 7.91. The maximum absolute atomic E-state index is 7.91. The molecule has 0 atom stereocenters. The van der Waals surface area contributed by atoms with Crippen LogP contribution in [0.25, 0.3) is 0 Å². The Morgan fingerprint density at radius 3 is 2.39 bits per heavy atom. The first-order chi connectivity index (χ1) is 8.71. The van der Waals surface area contributed by atoms with Crippen molar-refractivity contribution >= 4 is 5.84 Å². The topological polar surface area (TPSA) is 97.1 Å². The third kappa shape index (κ3) is 4.35. The smallest absolute Gasteiger partial charge is 0.125 e. The fourth-order valence-corrected chi connectivity index (χ4v) is 1.44. The van der Waals surface area contributed by atoms with Gasteiger partial charge in [0.2, 0.25) is 0 Å². The minimum Gasteiger partial charge on any atom is -0.494 e. The van der Waals surface area contributed by atoms with Crippen molar-refractivity contribution < 1.29 is 4.74 Å². The molecule has 0 aliphatic rings. The van der Waals surface area contributed by atoms with Crippen LogP contribution in [0.5, 0.6) is 5.75 Å². The summed E-state index contributed by atoms with van der Waals surface area (Å²) in [6.45, 7) is 3.60. The van der Waals surface area contributed by atoms with Gasteiger partial charge in [0.1, 0.15) is 11.6 Å². The molecule has 0 saturated heterocycles. The average Bonchev–Trinajstić information content (AvgIpc) is 2.42. The van der Waals surface area contributed by atoms with E-state index < -0.39 is 0 Å². The summed E-state index contributed by atoms with van der Waals surface area (Å²) in [6.07, 6.45) is 0.980. The molecule has 1 aromatic rings. The zero-order valence-electron chi connectivity index (χ0n) is 10.8. The van der Waals surface area contributed by atoms with Crippen LogP contribution in [0.3, 0.4) is 0 Å². The van der Waals surface area contributed by atoms with Crippen LogP contribution in [-0.2, 0) is 0 Å². The van der Waals surface area contributed by atoms with Crippen LogP contribution in [0, 0.1) is 5.41 Å². The largest absolute Gasteiger partial charge is 0.494 e. The number of hydrogen-bond donors (Lipinski definition) is 4. The highest BCUT2D eigenvalue weighted by atomic mass is 16.5. The number of ether oxygens (including phenoxy) is 1. The Bertz CT molecular complexity index is 360. The lowest BCUT2D eigenvalue weighted by Gasteiger charge is -2.16. The minimum absolute atomic E-state index is 0.0616. The number of amidine groups is 1. The Labute approximate surface area is 108 Å². The predicted octanol–water partition coefficient (Wildman–Crippen LogP) is 0.676. The van der Waals surface area contributed by atoms with Gasteiger partial charge in [-0.1, -0.05) is 6.92 Å². The van der Waals surface area contributed by atoms with Crippen LogP contribution in [0.4, 0.5) is 0 Å². The predicted molar refractivity (Wildman–Crippen MR) is 74.1 cm³/mol. The Hall–Kier alpha value is -1.59. The molecule has 0 heterocycles. The lowest BCUT2D eigenvalue weighted by molar-refractivity contribution is 0.317. The van der Waals surface area contributed by atoms with Crippen molar-refractivity contribution in [2.24, 2.45) is 11.5 Å². The highest BCUT2D eigenvalue weighted by Gasteiger charge is 2.07. The third-order valence-electron chi connectivity index (χ3n) is 2.53. The van der Waals surface area contributed by atoms with Crippen molar-refractivity contribution in [3.05, 3.63) is 29.8 Å². The summed E-state index contributed by atoms with van der Waals surface area (Å²) in [5, 5.41) is 10.9. The normalized spacial score (nSPS) is 10.4. The van der Waals surface area contributed by atoms with E-state index in [4.69, 9.17) is 21.6 Å². The van der Waals surface area contributed by atoms with Crippen LogP contribution in [0.2, 0.25) is 0 Å². The van der Waals surface area contributed by atoms with Gasteiger partial charge < -0.3 is 21.5 Å². The van der Waals surface area contributed by atoms with Gasteiger partial charge in [-0.25, -0.2) is 0 Å². The third-order valence-corrected chi connectivity index (χ3v) is 2.53. The van der Waals surface area contributed by atoms with Crippen LogP contribution in [0.1, 0.15) is 18.9 Å². The first-order valence-electron chi connectivity index (χ1n) is 6.19. The summed E-state index contributed by atoms with van der Waals surface area (Å²) >= 11 is 0. The van der Waals surface area contributed by atoms with Crippen molar-refractivity contribution in [3.63, 3.8) is 0 Å². The fraction of sp³-hybridized carbons (Fsp3) is 0.462. The lowest BCUT2D eigenvalue weighted by Crippen LogP contribution is -2.45. The summed E-state index contributed by atoms with van der Waals surface area (Å²) in [6, 6.07) is 7.37. The molecule has 0 spiro atoms. The van der Waals surface area contributed by atoms with Crippen molar-refractivity contribution in [2.75, 3.05) is 19.7 Å². The van der Waals surface area contributed by atoms with Gasteiger partial charge in [0.25, 0.3) is 0 Å². The van der Waals surface area contributed by atoms with E-state index in [1.165, 1.54) is 0 Å². The second-order valence-corrected chi connectivity index (χ2v) is 4.06. The van der Waals surface area contributed by atoms with E-state index in [1.54, 1.807) is 0 Å². The van der Waals surface area contributed by atoms with E-state index in [9.17, 15) is 0 Å². The molecular formula is C13H22N4O. The Balaban J connectivity index is 2.58. The molecule has 6 N–H and O–H groups in total. The molecule has 1 rings (SSSR count). The molecule has 0 aromatic heterocycles. The summed E-state index contributed by atoms with van der Waals surface area (Å²) in [5.74, 6) is 1.15. The van der Waals surface area contributed by atoms with E-state index in [0.29, 0.717) is 25.5 Å². The first kappa shape index (κ1) is 14.5. The number of nitrogens with two attached hydrogens (primary N) is 2. The molecule has 100 valence electrons. The fourth-order valence-electron chi connectivity index (χ4n) is 1.44. The molecular weight excluding hydrogens is 228 g/mol. The van der Waals surface area contributed by atoms with Crippen LogP contribution in [0.15, 0.2) is 24.3 Å². The van der Waals surface area contributed by atoms with Crippen molar-refractivity contribution in [2.45, 2.75) is 19.4 Å². The number of benzene rings is 1. The highest BCUT2D eigenvalue weighted by Crippen LogP contribution is 2.12. The molecule has 0 aliphatic carbocycles. The van der Waals surface area contributed by atoms with Crippen LogP contribution >= 0.6 is 0 Å². The Morgan fingerprint density at radius 2 is 1.89 bits per heavy atom. The molecule has 0 saturated carbocycles. The molecule has 5 nitrogen and oxygen atoms in total. The van der Waals surface area contributed by atoms with Crippen LogP contribution < -0.4 is 21.5 Å². The quantitative estimate of drug-likeness (QED) is 0.422. The second kappa shape index (κ2) is 7.68. The van der Waals surface area contributed by atoms with E-state index in [1.807, 2.05) is 24.3 Å². The standard InChI is InChI=1S/C13H22N4O/c1-2-7-18-12-5-3-10(4-6-12)13(16)17-11(8-14)9-15/h3-6,11H,2,7-9,14-15H2,1H3,(H2,16,17). The molecule has 0 radical (unpaired) electrons. The van der Waals surface area contributed by atoms with Gasteiger partial charge >= 0.3 is 0 Å². The van der Waals surface area contributed by atoms with E-state index >= 15 is 0 Å². The van der Waals surface area contributed by atoms with Crippen LogP contribution in [-0.4, -0.2) is 31.6 Å². The molecule has 0 bridgehead atoms. The lowest BCUT2D eigenvalue weighted by atomic mass is 10.2. The monoisotopic (exact) mass is 250 g/mol. The number of hydrogen-bond acceptors (Lipinski definition) is 4. The van der Waals surface area contributed by atoms with E-state index in [-0.39, 0.29) is 6.04 Å². The van der Waals surface area contributed by atoms with Gasteiger partial charge in [0.05, 0.1) is 12.6 Å². The van der Waals surface area contributed by atoms with Gasteiger partial charge in [-0.05, 0) is 30.7 Å². The zero-order chi connectivity index (χ0) is 13.4. The van der Waals surface area contributed by atoms with Gasteiger partial charge in [-0.2, -0.15) is 0 Å². The summed E-state index contributed by atoms with van der Waals surface area (Å²) in [5.41, 5.74) is 11.9. The van der Waals surface area contributed by atoms with Crippen molar-refractivity contribution in [1.82, 2.24) is 5.32 Å². The van der Waals surface area contributed by atoms with Gasteiger partial charge in [-0.3, -0.25) is 5.41 Å². The molecule has 5 heteroatoms. The van der Waals surface area contributed by atoms with Gasteiger partial charge in [-0.15, -0.1) is 0 Å². The zero-order valence-corrected chi connectivity index (χ0v) is 10.8. The number of nitrogens with one attached hydrogen (secondary N) is 2. The Kier molecular flexibility index (Phi) is 6.18. The molecule has 0 amide bonds.